The van der Waals surface area contributed by atoms with E-state index >= 15 is 0 Å². The van der Waals surface area contributed by atoms with Crippen molar-refractivity contribution in [2.24, 2.45) is 10.5 Å². The predicted molar refractivity (Wildman–Crippen MR) is 129 cm³/mol. The highest BCUT2D eigenvalue weighted by atomic mass is 32.1. The van der Waals surface area contributed by atoms with Gasteiger partial charge < -0.3 is 5.11 Å². The van der Waals surface area contributed by atoms with Crippen LogP contribution in [0.1, 0.15) is 41.9 Å². The van der Waals surface area contributed by atoms with Gasteiger partial charge in [-0.15, -0.1) is 0 Å². The van der Waals surface area contributed by atoms with E-state index in [1.165, 1.54) is 11.6 Å². The largest absolute Gasteiger partial charge is 0.477 e. The van der Waals surface area contributed by atoms with Gasteiger partial charge in [-0.3, -0.25) is 5.43 Å². The summed E-state index contributed by atoms with van der Waals surface area (Å²) in [5, 5.41) is 14.9. The van der Waals surface area contributed by atoms with E-state index in [4.69, 9.17) is 5.10 Å². The number of nitrogens with zero attached hydrogens (tertiary/aromatic N) is 3. The average Bonchev–Trinajstić information content (AvgIpc) is 3.21. The summed E-state index contributed by atoms with van der Waals surface area (Å²) in [6.07, 6.45) is 1.96. The zero-order valence-electron chi connectivity index (χ0n) is 17.8. The van der Waals surface area contributed by atoms with Crippen LogP contribution < -0.4 is 5.43 Å². The normalized spacial score (nSPS) is 16.1. The molecule has 0 saturated heterocycles. The van der Waals surface area contributed by atoms with Crippen LogP contribution in [0.25, 0.3) is 21.5 Å². The number of hydrogen-bond acceptors (Lipinski definition) is 6. The molecule has 2 aromatic carbocycles. The van der Waals surface area contributed by atoms with E-state index < -0.39 is 5.97 Å². The summed E-state index contributed by atoms with van der Waals surface area (Å²) >= 11 is 1.58. The Morgan fingerprint density at radius 1 is 1.09 bits per heavy atom. The highest BCUT2D eigenvalue weighted by molar-refractivity contribution is 7.22. The number of fused-ring (bicyclic) bond motifs is 2. The van der Waals surface area contributed by atoms with Crippen LogP contribution in [-0.2, 0) is 6.42 Å². The number of aromatic carboxylic acids is 1. The quantitative estimate of drug-likeness (QED) is 0.387. The number of hydrogen-bond donors (Lipinski definition) is 2. The van der Waals surface area contributed by atoms with E-state index in [9.17, 15) is 9.90 Å². The number of aryl methyl sites for hydroxylation is 1. The molecule has 1 aliphatic carbocycles. The Labute approximate surface area is 189 Å². The van der Waals surface area contributed by atoms with Crippen molar-refractivity contribution in [3.05, 3.63) is 77.5 Å². The van der Waals surface area contributed by atoms with Crippen molar-refractivity contribution in [1.82, 2.24) is 9.97 Å². The summed E-state index contributed by atoms with van der Waals surface area (Å²) in [7, 11) is 0. The monoisotopic (exact) mass is 442 g/mol. The molecule has 0 saturated carbocycles. The van der Waals surface area contributed by atoms with Gasteiger partial charge in [-0.1, -0.05) is 55.5 Å². The first-order valence-electron chi connectivity index (χ1n) is 10.4. The van der Waals surface area contributed by atoms with Gasteiger partial charge in [-0.25, -0.2) is 14.8 Å². The van der Waals surface area contributed by atoms with Crippen LogP contribution in [0.5, 0.6) is 0 Å². The zero-order chi connectivity index (χ0) is 22.3. The van der Waals surface area contributed by atoms with Crippen LogP contribution in [0, 0.1) is 5.41 Å². The minimum absolute atomic E-state index is 0.0342. The number of benzene rings is 2. The van der Waals surface area contributed by atoms with Gasteiger partial charge in [0.15, 0.2) is 0 Å². The second-order valence-corrected chi connectivity index (χ2v) is 9.56. The topological polar surface area (TPSA) is 87.5 Å². The Hall–Kier alpha value is -3.58. The zero-order valence-corrected chi connectivity index (χ0v) is 18.6. The Kier molecular flexibility index (Phi) is 4.98. The smallest absolute Gasteiger partial charge is 0.354 e. The summed E-state index contributed by atoms with van der Waals surface area (Å²) in [6, 6.07) is 19.3. The molecule has 1 aliphatic rings. The number of carbonyl (C=O) groups is 1. The summed E-state index contributed by atoms with van der Waals surface area (Å²) in [4.78, 5) is 20.3. The van der Waals surface area contributed by atoms with Crippen molar-refractivity contribution in [1.29, 1.82) is 0 Å². The fourth-order valence-electron chi connectivity index (χ4n) is 4.05. The van der Waals surface area contributed by atoms with E-state index in [-0.39, 0.29) is 11.1 Å². The lowest BCUT2D eigenvalue weighted by Gasteiger charge is -2.33. The van der Waals surface area contributed by atoms with Gasteiger partial charge in [0.05, 0.1) is 21.6 Å². The second-order valence-electron chi connectivity index (χ2n) is 8.53. The number of thiazole rings is 1. The molecule has 4 aromatic rings. The fraction of sp³-hybridized carbons (Fsp3) is 0.200. The van der Waals surface area contributed by atoms with Gasteiger partial charge in [0.25, 0.3) is 0 Å². The van der Waals surface area contributed by atoms with Gasteiger partial charge in [0.1, 0.15) is 5.69 Å². The number of pyridine rings is 1. The van der Waals surface area contributed by atoms with E-state index in [1.54, 1.807) is 17.4 Å². The third-order valence-electron chi connectivity index (χ3n) is 5.85. The summed E-state index contributed by atoms with van der Waals surface area (Å²) < 4.78 is 1.12. The van der Waals surface area contributed by atoms with Crippen LogP contribution in [0.3, 0.4) is 0 Å². The lowest BCUT2D eigenvalue weighted by molar-refractivity contribution is 0.0690. The summed E-state index contributed by atoms with van der Waals surface area (Å²) in [5.74, 6) is -1.03. The SMILES string of the molecule is CC1(C)CCc2ccc(-c3cccc(C(=O)O)n3)cc2C1=NNc1nc2ccccc2s1. The van der Waals surface area contributed by atoms with Crippen molar-refractivity contribution >= 4 is 38.4 Å². The van der Waals surface area contributed by atoms with Gasteiger partial charge in [0, 0.05) is 16.5 Å². The molecule has 5 rings (SSSR count). The number of anilines is 1. The molecular formula is C25H22N4O2S. The third-order valence-corrected chi connectivity index (χ3v) is 6.79. The van der Waals surface area contributed by atoms with E-state index in [0.29, 0.717) is 5.69 Å². The molecule has 32 heavy (non-hydrogen) atoms. The molecule has 160 valence electrons. The van der Waals surface area contributed by atoms with E-state index in [1.807, 2.05) is 30.3 Å². The number of carboxylic acids is 1. The van der Waals surface area contributed by atoms with Crippen molar-refractivity contribution in [2.45, 2.75) is 26.7 Å². The first-order valence-corrected chi connectivity index (χ1v) is 11.3. The average molecular weight is 443 g/mol. The Morgan fingerprint density at radius 2 is 1.94 bits per heavy atom. The number of para-hydroxylation sites is 1. The van der Waals surface area contributed by atoms with E-state index in [2.05, 4.69) is 47.4 Å². The van der Waals surface area contributed by atoms with Gasteiger partial charge in [-0.05, 0) is 48.7 Å². The molecule has 7 heteroatoms. The Bertz CT molecular complexity index is 1340. The molecule has 2 aromatic heterocycles. The van der Waals surface area contributed by atoms with Crippen LogP contribution in [-0.4, -0.2) is 26.8 Å². The molecule has 0 unspecified atom stereocenters. The predicted octanol–water partition coefficient (Wildman–Crippen LogP) is 5.85. The first kappa shape index (κ1) is 20.3. The van der Waals surface area contributed by atoms with Crippen molar-refractivity contribution < 1.29 is 9.90 Å². The van der Waals surface area contributed by atoms with Crippen molar-refractivity contribution in [3.63, 3.8) is 0 Å². The molecule has 0 aliphatic heterocycles. The maximum absolute atomic E-state index is 11.3. The summed E-state index contributed by atoms with van der Waals surface area (Å²) in [5.41, 5.74) is 8.82. The number of rotatable bonds is 4. The molecule has 0 fully saturated rings. The van der Waals surface area contributed by atoms with Crippen LogP contribution in [0.4, 0.5) is 5.13 Å². The van der Waals surface area contributed by atoms with Crippen LogP contribution in [0.2, 0.25) is 0 Å². The van der Waals surface area contributed by atoms with Gasteiger partial charge >= 0.3 is 5.97 Å². The molecule has 0 amide bonds. The maximum atomic E-state index is 11.3. The third kappa shape index (κ3) is 3.76. The molecule has 0 spiro atoms. The number of aromatic nitrogens is 2. The lowest BCUT2D eigenvalue weighted by Crippen LogP contribution is -2.32. The van der Waals surface area contributed by atoms with Crippen LogP contribution >= 0.6 is 11.3 Å². The second kappa shape index (κ2) is 7.84. The van der Waals surface area contributed by atoms with Crippen molar-refractivity contribution in [3.8, 4) is 11.3 Å². The molecule has 0 bridgehead atoms. The van der Waals surface area contributed by atoms with E-state index in [0.717, 1.165) is 45.0 Å². The molecular weight excluding hydrogens is 420 g/mol. The lowest BCUT2D eigenvalue weighted by atomic mass is 9.72. The molecule has 0 radical (unpaired) electrons. The van der Waals surface area contributed by atoms with Crippen LogP contribution in [0.15, 0.2) is 65.8 Å². The standard InChI is InChI=1S/C25H22N4O2S/c1-25(2)13-12-15-10-11-16(18-7-5-8-20(26-18)23(30)31)14-17(15)22(25)28-29-24-27-19-6-3-4-9-21(19)32-24/h3-11,14H,12-13H2,1-2H3,(H,27,29)(H,30,31). The minimum atomic E-state index is -1.03. The summed E-state index contributed by atoms with van der Waals surface area (Å²) in [6.45, 7) is 4.40. The Morgan fingerprint density at radius 3 is 2.75 bits per heavy atom. The number of nitrogens with one attached hydrogen (secondary N) is 1. The first-order chi connectivity index (χ1) is 15.4. The molecule has 0 atom stereocenters. The molecule has 2 heterocycles. The maximum Gasteiger partial charge on any atom is 0.354 e. The number of carboxylic acid groups (broad SMARTS) is 1. The minimum Gasteiger partial charge on any atom is -0.477 e. The molecule has 6 nitrogen and oxygen atoms in total. The Balaban J connectivity index is 1.55. The fourth-order valence-corrected chi connectivity index (χ4v) is 4.86. The number of hydrazone groups is 1. The highest BCUT2D eigenvalue weighted by Gasteiger charge is 2.33. The highest BCUT2D eigenvalue weighted by Crippen LogP contribution is 2.37. The van der Waals surface area contributed by atoms with Crippen molar-refractivity contribution in [2.75, 3.05) is 5.43 Å². The van der Waals surface area contributed by atoms with Gasteiger partial charge in [-0.2, -0.15) is 5.10 Å². The van der Waals surface area contributed by atoms with Gasteiger partial charge in [0.2, 0.25) is 5.13 Å². The molecule has 2 N–H and O–H groups in total.